The van der Waals surface area contributed by atoms with Gasteiger partial charge >= 0.3 is 6.09 Å². The minimum absolute atomic E-state index is 0.579. The largest absolute Gasteiger partial charge is 0.465 e. The van der Waals surface area contributed by atoms with Crippen LogP contribution in [0.3, 0.4) is 0 Å². The first-order chi connectivity index (χ1) is 11.1. The molecule has 1 fully saturated rings. The van der Waals surface area contributed by atoms with Crippen molar-refractivity contribution in [1.29, 1.82) is 0 Å². The number of nitrogens with zero attached hydrogens (tertiary/aromatic N) is 4. The molecule has 0 aromatic carbocycles. The lowest BCUT2D eigenvalue weighted by Crippen LogP contribution is -2.49. The summed E-state index contributed by atoms with van der Waals surface area (Å²) >= 11 is 0. The predicted octanol–water partition coefficient (Wildman–Crippen LogP) is 1.65. The number of carbonyl (C=O) groups is 1. The van der Waals surface area contributed by atoms with Crippen LogP contribution in [-0.4, -0.2) is 70.2 Å². The number of amides is 1. The molecule has 0 saturated carbocycles. The molecule has 0 aliphatic carbocycles. The maximum absolute atomic E-state index is 10.9. The smallest absolute Gasteiger partial charge is 0.407 e. The van der Waals surface area contributed by atoms with Crippen molar-refractivity contribution in [3.63, 3.8) is 0 Å². The Balaban J connectivity index is 1.50. The molecule has 23 heavy (non-hydrogen) atoms. The molecule has 0 unspecified atom stereocenters. The third-order valence-electron chi connectivity index (χ3n) is 4.19. The van der Waals surface area contributed by atoms with Gasteiger partial charge in [-0.3, -0.25) is 9.88 Å². The molecule has 1 aliphatic heterocycles. The lowest BCUT2D eigenvalue weighted by molar-refractivity contribution is 0.107. The van der Waals surface area contributed by atoms with Gasteiger partial charge in [0.2, 0.25) is 0 Å². The predicted molar refractivity (Wildman–Crippen MR) is 88.8 cm³/mol. The molecule has 1 saturated heterocycles. The number of fused-ring (bicyclic) bond motifs is 1. The van der Waals surface area contributed by atoms with Gasteiger partial charge < -0.3 is 15.3 Å². The number of nitrogens with one attached hydrogen (secondary N) is 1. The summed E-state index contributed by atoms with van der Waals surface area (Å²) in [7, 11) is 0. The molecule has 0 radical (unpaired) electrons. The molecule has 3 rings (SSSR count). The Morgan fingerprint density at radius 1 is 1.26 bits per heavy atom. The van der Waals surface area contributed by atoms with E-state index in [1.165, 1.54) is 4.90 Å². The molecule has 2 aromatic rings. The highest BCUT2D eigenvalue weighted by molar-refractivity contribution is 5.81. The van der Waals surface area contributed by atoms with Crippen LogP contribution >= 0.6 is 0 Å². The summed E-state index contributed by atoms with van der Waals surface area (Å²) in [4.78, 5) is 23.5. The molecular weight excluding hydrogens is 294 g/mol. The first-order valence-electron chi connectivity index (χ1n) is 7.80. The molecule has 7 heteroatoms. The van der Waals surface area contributed by atoms with Gasteiger partial charge in [0.05, 0.1) is 5.52 Å². The second-order valence-electron chi connectivity index (χ2n) is 5.70. The fourth-order valence-electron chi connectivity index (χ4n) is 2.80. The van der Waals surface area contributed by atoms with Crippen molar-refractivity contribution < 1.29 is 9.90 Å². The van der Waals surface area contributed by atoms with Crippen LogP contribution in [0.5, 0.6) is 0 Å². The molecule has 2 aromatic heterocycles. The highest BCUT2D eigenvalue weighted by atomic mass is 16.4. The molecule has 3 heterocycles. The average molecular weight is 315 g/mol. The van der Waals surface area contributed by atoms with Crippen molar-refractivity contribution >= 4 is 22.8 Å². The van der Waals surface area contributed by atoms with Crippen LogP contribution in [0, 0.1) is 6.92 Å². The number of aryl methyl sites for hydroxylation is 1. The number of carboxylic acid groups (broad SMARTS) is 1. The topological polar surface area (TPSA) is 81.6 Å². The van der Waals surface area contributed by atoms with E-state index >= 15 is 0 Å². The van der Waals surface area contributed by atoms with Crippen molar-refractivity contribution in [2.45, 2.75) is 6.92 Å². The highest BCUT2D eigenvalue weighted by Crippen LogP contribution is 2.16. The maximum Gasteiger partial charge on any atom is 0.407 e. The monoisotopic (exact) mass is 315 g/mol. The molecule has 0 bridgehead atoms. The summed E-state index contributed by atoms with van der Waals surface area (Å²) in [5.41, 5.74) is 1.93. The Bertz CT molecular complexity index is 698. The summed E-state index contributed by atoms with van der Waals surface area (Å²) in [6.45, 7) is 6.37. The van der Waals surface area contributed by atoms with Crippen molar-refractivity contribution in [2.75, 3.05) is 44.6 Å². The van der Waals surface area contributed by atoms with E-state index in [4.69, 9.17) is 5.11 Å². The maximum atomic E-state index is 10.9. The molecule has 0 spiro atoms. The number of rotatable bonds is 4. The van der Waals surface area contributed by atoms with E-state index in [-0.39, 0.29) is 0 Å². The number of hydrogen-bond donors (Lipinski definition) is 2. The Kier molecular flexibility index (Phi) is 4.57. The standard InChI is InChI=1S/C16H21N5O2/c1-12-13-2-3-15(19-14(13)4-5-17-12)18-6-7-20-8-10-21(11-9-20)16(22)23/h2-5H,6-11H2,1H3,(H,18,19)(H,22,23). The minimum atomic E-state index is -0.826. The Labute approximate surface area is 134 Å². The zero-order valence-electron chi connectivity index (χ0n) is 13.2. The second kappa shape index (κ2) is 6.78. The lowest BCUT2D eigenvalue weighted by Gasteiger charge is -2.33. The lowest BCUT2D eigenvalue weighted by atomic mass is 10.2. The van der Waals surface area contributed by atoms with Crippen LogP contribution in [-0.2, 0) is 0 Å². The molecule has 2 N–H and O–H groups in total. The van der Waals surface area contributed by atoms with Crippen molar-refractivity contribution in [2.24, 2.45) is 0 Å². The van der Waals surface area contributed by atoms with Crippen LogP contribution in [0.25, 0.3) is 10.9 Å². The van der Waals surface area contributed by atoms with Gasteiger partial charge in [-0.1, -0.05) is 0 Å². The summed E-state index contributed by atoms with van der Waals surface area (Å²) < 4.78 is 0. The molecule has 122 valence electrons. The van der Waals surface area contributed by atoms with Crippen LogP contribution in [0.4, 0.5) is 10.6 Å². The van der Waals surface area contributed by atoms with Crippen LogP contribution in [0.15, 0.2) is 24.4 Å². The summed E-state index contributed by atoms with van der Waals surface area (Å²) in [6.07, 6.45) is 0.948. The van der Waals surface area contributed by atoms with Gasteiger partial charge in [0.25, 0.3) is 0 Å². The van der Waals surface area contributed by atoms with Gasteiger partial charge in [-0.15, -0.1) is 0 Å². The summed E-state index contributed by atoms with van der Waals surface area (Å²) in [6, 6.07) is 5.93. The SMILES string of the molecule is Cc1nccc2nc(NCCN3CCN(C(=O)O)CC3)ccc12. The minimum Gasteiger partial charge on any atom is -0.465 e. The van der Waals surface area contributed by atoms with Crippen molar-refractivity contribution in [3.05, 3.63) is 30.1 Å². The number of aromatic nitrogens is 2. The van der Waals surface area contributed by atoms with E-state index in [2.05, 4.69) is 20.2 Å². The Morgan fingerprint density at radius 2 is 2.04 bits per heavy atom. The van der Waals surface area contributed by atoms with Crippen molar-refractivity contribution in [1.82, 2.24) is 19.8 Å². The first kappa shape index (κ1) is 15.5. The van der Waals surface area contributed by atoms with Crippen LogP contribution < -0.4 is 5.32 Å². The zero-order chi connectivity index (χ0) is 16.2. The van der Waals surface area contributed by atoms with E-state index < -0.39 is 6.09 Å². The zero-order valence-corrected chi connectivity index (χ0v) is 13.2. The number of anilines is 1. The van der Waals surface area contributed by atoms with Gasteiger partial charge in [0.1, 0.15) is 5.82 Å². The van der Waals surface area contributed by atoms with Gasteiger partial charge in [-0.05, 0) is 25.1 Å². The Morgan fingerprint density at radius 3 is 2.78 bits per heavy atom. The average Bonchev–Trinajstić information content (AvgIpc) is 2.55. The first-order valence-corrected chi connectivity index (χ1v) is 7.80. The van der Waals surface area contributed by atoms with E-state index in [0.717, 1.165) is 48.6 Å². The normalized spacial score (nSPS) is 15.8. The number of pyridine rings is 2. The van der Waals surface area contributed by atoms with E-state index in [9.17, 15) is 4.79 Å². The fraction of sp³-hybridized carbons (Fsp3) is 0.438. The summed E-state index contributed by atoms with van der Waals surface area (Å²) in [5, 5.41) is 13.3. The van der Waals surface area contributed by atoms with Gasteiger partial charge in [-0.25, -0.2) is 9.78 Å². The number of piperazine rings is 1. The molecule has 1 amide bonds. The van der Waals surface area contributed by atoms with Gasteiger partial charge in [0.15, 0.2) is 0 Å². The second-order valence-corrected chi connectivity index (χ2v) is 5.70. The third-order valence-corrected chi connectivity index (χ3v) is 4.19. The third kappa shape index (κ3) is 3.68. The van der Waals surface area contributed by atoms with Crippen LogP contribution in [0.2, 0.25) is 0 Å². The van der Waals surface area contributed by atoms with E-state index in [1.807, 2.05) is 25.1 Å². The molecule has 0 atom stereocenters. The molecular formula is C16H21N5O2. The quantitative estimate of drug-likeness (QED) is 0.893. The number of hydrogen-bond acceptors (Lipinski definition) is 5. The fourth-order valence-corrected chi connectivity index (χ4v) is 2.80. The summed E-state index contributed by atoms with van der Waals surface area (Å²) in [5.74, 6) is 0.854. The van der Waals surface area contributed by atoms with Gasteiger partial charge in [-0.2, -0.15) is 0 Å². The van der Waals surface area contributed by atoms with E-state index in [0.29, 0.717) is 13.1 Å². The highest BCUT2D eigenvalue weighted by Gasteiger charge is 2.19. The molecule has 7 nitrogen and oxygen atoms in total. The molecule has 1 aliphatic rings. The van der Waals surface area contributed by atoms with Crippen LogP contribution in [0.1, 0.15) is 5.69 Å². The Hall–Kier alpha value is -2.41. The van der Waals surface area contributed by atoms with E-state index in [1.54, 1.807) is 6.20 Å². The van der Waals surface area contributed by atoms with Crippen molar-refractivity contribution in [3.8, 4) is 0 Å². The van der Waals surface area contributed by atoms with Gasteiger partial charge in [0, 0.05) is 56.5 Å².